The third-order valence-corrected chi connectivity index (χ3v) is 3.65. The van der Waals surface area contributed by atoms with Crippen LogP contribution in [0.3, 0.4) is 0 Å². The number of carbonyl (C=O) groups excluding carboxylic acids is 2. The van der Waals surface area contributed by atoms with Crippen molar-refractivity contribution < 1.29 is 19.5 Å². The molecule has 2 rings (SSSR count). The van der Waals surface area contributed by atoms with Gasteiger partial charge in [-0.05, 0) is 25.0 Å². The highest BCUT2D eigenvalue weighted by Crippen LogP contribution is 2.21. The molecule has 1 aromatic carbocycles. The van der Waals surface area contributed by atoms with E-state index in [0.717, 1.165) is 0 Å². The largest absolute Gasteiger partial charge is 0.478 e. The van der Waals surface area contributed by atoms with E-state index in [1.54, 1.807) is 26.0 Å². The van der Waals surface area contributed by atoms with E-state index in [9.17, 15) is 19.5 Å². The standard InChI is InChI=1S/C15H18N2O4/c1-9-3-4-10(2)13(15(20)21)12(9)14(19)17-7-5-11(18)16-6-8-17/h3-4H,5-8H2,1-2H3,(H,16,18)(H,20,21). The molecule has 0 aliphatic carbocycles. The minimum atomic E-state index is -1.11. The molecule has 0 atom stereocenters. The summed E-state index contributed by atoms with van der Waals surface area (Å²) in [7, 11) is 0. The van der Waals surface area contributed by atoms with Crippen molar-refractivity contribution in [3.05, 3.63) is 34.4 Å². The highest BCUT2D eigenvalue weighted by atomic mass is 16.4. The van der Waals surface area contributed by atoms with E-state index in [0.29, 0.717) is 30.8 Å². The van der Waals surface area contributed by atoms with E-state index < -0.39 is 5.97 Å². The molecule has 1 saturated heterocycles. The summed E-state index contributed by atoms with van der Waals surface area (Å²) in [6, 6.07) is 3.44. The van der Waals surface area contributed by atoms with Crippen LogP contribution in [-0.4, -0.2) is 47.4 Å². The van der Waals surface area contributed by atoms with Crippen LogP contribution in [0.5, 0.6) is 0 Å². The molecule has 2 N–H and O–H groups in total. The van der Waals surface area contributed by atoms with Crippen LogP contribution in [0.2, 0.25) is 0 Å². The van der Waals surface area contributed by atoms with Gasteiger partial charge in [0.15, 0.2) is 0 Å². The Labute approximate surface area is 122 Å². The highest BCUT2D eigenvalue weighted by Gasteiger charge is 2.26. The van der Waals surface area contributed by atoms with E-state index in [-0.39, 0.29) is 29.4 Å². The Kier molecular flexibility index (Phi) is 4.26. The zero-order valence-electron chi connectivity index (χ0n) is 12.1. The third kappa shape index (κ3) is 3.04. The number of aryl methyl sites for hydroxylation is 2. The maximum Gasteiger partial charge on any atom is 0.336 e. The van der Waals surface area contributed by atoms with E-state index >= 15 is 0 Å². The quantitative estimate of drug-likeness (QED) is 0.849. The Morgan fingerprint density at radius 1 is 1.14 bits per heavy atom. The molecule has 0 spiro atoms. The molecule has 1 fully saturated rings. The molecule has 0 bridgehead atoms. The van der Waals surface area contributed by atoms with Gasteiger partial charge in [-0.3, -0.25) is 9.59 Å². The molecule has 0 aromatic heterocycles. The number of nitrogens with zero attached hydrogens (tertiary/aromatic N) is 1. The monoisotopic (exact) mass is 290 g/mol. The van der Waals surface area contributed by atoms with Gasteiger partial charge >= 0.3 is 5.97 Å². The lowest BCUT2D eigenvalue weighted by Crippen LogP contribution is -2.35. The van der Waals surface area contributed by atoms with Crippen LogP contribution in [0, 0.1) is 13.8 Å². The number of hydrogen-bond donors (Lipinski definition) is 2. The number of rotatable bonds is 2. The SMILES string of the molecule is Cc1ccc(C)c(C(=O)N2CCNC(=O)CC2)c1C(=O)O. The van der Waals surface area contributed by atoms with Gasteiger partial charge < -0.3 is 15.3 Å². The van der Waals surface area contributed by atoms with Gasteiger partial charge in [-0.15, -0.1) is 0 Å². The van der Waals surface area contributed by atoms with Gasteiger partial charge in [0, 0.05) is 26.1 Å². The number of hydrogen-bond acceptors (Lipinski definition) is 3. The van der Waals surface area contributed by atoms with Crippen molar-refractivity contribution >= 4 is 17.8 Å². The fourth-order valence-corrected chi connectivity index (χ4v) is 2.49. The van der Waals surface area contributed by atoms with Crippen molar-refractivity contribution in [3.63, 3.8) is 0 Å². The first kappa shape index (κ1) is 15.0. The van der Waals surface area contributed by atoms with Crippen molar-refractivity contribution in [1.82, 2.24) is 10.2 Å². The average Bonchev–Trinajstić information content (AvgIpc) is 2.64. The Hall–Kier alpha value is -2.37. The molecular formula is C15H18N2O4. The molecule has 0 radical (unpaired) electrons. The summed E-state index contributed by atoms with van der Waals surface area (Å²) >= 11 is 0. The van der Waals surface area contributed by atoms with Crippen LogP contribution < -0.4 is 5.32 Å². The fraction of sp³-hybridized carbons (Fsp3) is 0.400. The van der Waals surface area contributed by atoms with Gasteiger partial charge in [0.25, 0.3) is 5.91 Å². The Morgan fingerprint density at radius 2 is 1.76 bits per heavy atom. The Balaban J connectivity index is 2.41. The molecular weight excluding hydrogens is 272 g/mol. The summed E-state index contributed by atoms with van der Waals surface area (Å²) < 4.78 is 0. The number of amides is 2. The number of carbonyl (C=O) groups is 3. The molecule has 6 heteroatoms. The molecule has 2 amide bonds. The summed E-state index contributed by atoms with van der Waals surface area (Å²) in [4.78, 5) is 37.0. The van der Waals surface area contributed by atoms with Crippen molar-refractivity contribution in [2.45, 2.75) is 20.3 Å². The zero-order valence-corrected chi connectivity index (χ0v) is 12.1. The molecule has 1 aliphatic heterocycles. The predicted molar refractivity (Wildman–Crippen MR) is 76.4 cm³/mol. The van der Waals surface area contributed by atoms with Gasteiger partial charge in [-0.1, -0.05) is 12.1 Å². The fourth-order valence-electron chi connectivity index (χ4n) is 2.49. The highest BCUT2D eigenvalue weighted by molar-refractivity contribution is 6.06. The topological polar surface area (TPSA) is 86.7 Å². The molecule has 1 heterocycles. The van der Waals surface area contributed by atoms with Gasteiger partial charge in [-0.25, -0.2) is 4.79 Å². The van der Waals surface area contributed by atoms with E-state index in [2.05, 4.69) is 5.32 Å². The first-order valence-electron chi connectivity index (χ1n) is 6.81. The molecule has 0 unspecified atom stereocenters. The maximum absolute atomic E-state index is 12.7. The second kappa shape index (κ2) is 5.95. The molecule has 0 saturated carbocycles. The Bertz CT molecular complexity index is 610. The third-order valence-electron chi connectivity index (χ3n) is 3.65. The smallest absolute Gasteiger partial charge is 0.336 e. The summed E-state index contributed by atoms with van der Waals surface area (Å²) in [5, 5.41) is 12.1. The van der Waals surface area contributed by atoms with Gasteiger partial charge in [-0.2, -0.15) is 0 Å². The predicted octanol–water partition coefficient (Wildman–Crippen LogP) is 0.964. The number of carboxylic acid groups (broad SMARTS) is 1. The minimum absolute atomic E-state index is 0.0449. The van der Waals surface area contributed by atoms with Crippen molar-refractivity contribution in [1.29, 1.82) is 0 Å². The molecule has 21 heavy (non-hydrogen) atoms. The lowest BCUT2D eigenvalue weighted by Gasteiger charge is -2.22. The van der Waals surface area contributed by atoms with E-state index in [1.807, 2.05) is 0 Å². The lowest BCUT2D eigenvalue weighted by molar-refractivity contribution is -0.120. The van der Waals surface area contributed by atoms with Gasteiger partial charge in [0.05, 0.1) is 11.1 Å². The minimum Gasteiger partial charge on any atom is -0.478 e. The number of aromatic carboxylic acids is 1. The van der Waals surface area contributed by atoms with Crippen molar-refractivity contribution in [2.24, 2.45) is 0 Å². The van der Waals surface area contributed by atoms with Crippen LogP contribution in [0.4, 0.5) is 0 Å². The number of benzene rings is 1. The Morgan fingerprint density at radius 3 is 2.38 bits per heavy atom. The number of carboxylic acids is 1. The summed E-state index contributed by atoms with van der Waals surface area (Å²) in [6.07, 6.45) is 0.235. The van der Waals surface area contributed by atoms with Crippen LogP contribution >= 0.6 is 0 Å². The molecule has 1 aliphatic rings. The first-order valence-corrected chi connectivity index (χ1v) is 6.81. The second-order valence-electron chi connectivity index (χ2n) is 5.15. The molecule has 1 aromatic rings. The lowest BCUT2D eigenvalue weighted by atomic mass is 9.96. The van der Waals surface area contributed by atoms with E-state index in [4.69, 9.17) is 0 Å². The van der Waals surface area contributed by atoms with Crippen LogP contribution in [0.25, 0.3) is 0 Å². The normalized spacial score (nSPS) is 15.3. The van der Waals surface area contributed by atoms with Crippen molar-refractivity contribution in [2.75, 3.05) is 19.6 Å². The van der Waals surface area contributed by atoms with E-state index in [1.165, 1.54) is 4.90 Å². The summed E-state index contributed by atoms with van der Waals surface area (Å²) in [5.41, 5.74) is 1.45. The van der Waals surface area contributed by atoms with Crippen LogP contribution in [0.1, 0.15) is 38.3 Å². The maximum atomic E-state index is 12.7. The number of nitrogens with one attached hydrogen (secondary N) is 1. The molecule has 112 valence electrons. The first-order chi connectivity index (χ1) is 9.91. The van der Waals surface area contributed by atoms with Crippen LogP contribution in [-0.2, 0) is 4.79 Å². The summed E-state index contributed by atoms with van der Waals surface area (Å²) in [5.74, 6) is -1.53. The summed E-state index contributed by atoms with van der Waals surface area (Å²) in [6.45, 7) is 4.47. The molecule has 6 nitrogen and oxygen atoms in total. The van der Waals surface area contributed by atoms with Gasteiger partial charge in [0.2, 0.25) is 5.91 Å². The average molecular weight is 290 g/mol. The van der Waals surface area contributed by atoms with Crippen molar-refractivity contribution in [3.8, 4) is 0 Å². The van der Waals surface area contributed by atoms with Crippen LogP contribution in [0.15, 0.2) is 12.1 Å². The van der Waals surface area contributed by atoms with Gasteiger partial charge in [0.1, 0.15) is 0 Å². The second-order valence-corrected chi connectivity index (χ2v) is 5.15. The zero-order chi connectivity index (χ0) is 15.6.